The molecule has 0 unspecified atom stereocenters. The zero-order valence-electron chi connectivity index (χ0n) is 9.43. The van der Waals surface area contributed by atoms with Crippen molar-refractivity contribution in [2.45, 2.75) is 6.54 Å². The Morgan fingerprint density at radius 1 is 1.41 bits per heavy atom. The number of hydrogen-bond acceptors (Lipinski definition) is 3. The highest BCUT2D eigenvalue weighted by atomic mass is 35.5. The van der Waals surface area contributed by atoms with Crippen LogP contribution in [0.3, 0.4) is 0 Å². The first-order chi connectivity index (χ1) is 7.91. The summed E-state index contributed by atoms with van der Waals surface area (Å²) in [7, 11) is -1.74. The van der Waals surface area contributed by atoms with E-state index in [-0.39, 0.29) is 6.54 Å². The van der Waals surface area contributed by atoms with E-state index in [0.29, 0.717) is 23.8 Å². The molecule has 1 aliphatic heterocycles. The van der Waals surface area contributed by atoms with E-state index >= 15 is 0 Å². The summed E-state index contributed by atoms with van der Waals surface area (Å²) in [4.78, 5) is 0. The highest BCUT2D eigenvalue weighted by Gasteiger charge is 2.33. The Bertz CT molecular complexity index is 532. The van der Waals surface area contributed by atoms with Gasteiger partial charge in [0.2, 0.25) is 0 Å². The van der Waals surface area contributed by atoms with E-state index in [2.05, 4.69) is 0 Å². The van der Waals surface area contributed by atoms with Crippen LogP contribution in [-0.4, -0.2) is 37.2 Å². The molecule has 0 amide bonds. The molecule has 1 saturated heterocycles. The molecule has 0 spiro atoms. The molecule has 2 rings (SSSR count). The minimum atomic E-state index is -3.31. The van der Waals surface area contributed by atoms with Gasteiger partial charge in [-0.3, -0.25) is 0 Å². The minimum absolute atomic E-state index is 0.284. The van der Waals surface area contributed by atoms with Crippen LogP contribution in [0, 0.1) is 0 Å². The molecule has 1 aromatic rings. The molecule has 1 aromatic carbocycles. The third-order valence-electron chi connectivity index (χ3n) is 2.81. The summed E-state index contributed by atoms with van der Waals surface area (Å²) in [6.07, 6.45) is 0. The van der Waals surface area contributed by atoms with Gasteiger partial charge in [-0.25, -0.2) is 0 Å². The molecule has 7 heteroatoms. The highest BCUT2D eigenvalue weighted by molar-refractivity contribution is 7.86. The second-order valence-corrected chi connectivity index (χ2v) is 6.46. The van der Waals surface area contributed by atoms with Gasteiger partial charge in [-0.2, -0.15) is 17.0 Å². The Balaban J connectivity index is 2.22. The van der Waals surface area contributed by atoms with Gasteiger partial charge in [0, 0.05) is 37.4 Å². The molecule has 94 valence electrons. The third-order valence-corrected chi connectivity index (χ3v) is 5.09. The molecule has 0 aliphatic carbocycles. The van der Waals surface area contributed by atoms with Gasteiger partial charge in [0.1, 0.15) is 0 Å². The molecular formula is C10H14ClN3O2S. The molecule has 0 radical (unpaired) electrons. The predicted octanol–water partition coefficient (Wildman–Crippen LogP) is 0.914. The maximum atomic E-state index is 11.9. The Labute approximate surface area is 106 Å². The summed E-state index contributed by atoms with van der Waals surface area (Å²) in [5.74, 6) is 0. The predicted molar refractivity (Wildman–Crippen MR) is 67.8 cm³/mol. The van der Waals surface area contributed by atoms with Crippen molar-refractivity contribution in [3.63, 3.8) is 0 Å². The van der Waals surface area contributed by atoms with E-state index in [1.54, 1.807) is 25.2 Å². The van der Waals surface area contributed by atoms with Crippen molar-refractivity contribution in [2.75, 3.05) is 25.9 Å². The number of benzene rings is 1. The van der Waals surface area contributed by atoms with Gasteiger partial charge in [0.05, 0.1) is 0 Å². The number of likely N-dealkylation sites (N-methyl/N-ethyl adjacent to an activating group) is 1. The molecular weight excluding hydrogens is 262 g/mol. The van der Waals surface area contributed by atoms with Crippen LogP contribution < -0.4 is 5.73 Å². The Kier molecular flexibility index (Phi) is 3.31. The van der Waals surface area contributed by atoms with Crippen LogP contribution in [0.25, 0.3) is 0 Å². The lowest BCUT2D eigenvalue weighted by Gasteiger charge is -2.16. The molecule has 0 saturated carbocycles. The van der Waals surface area contributed by atoms with Crippen LogP contribution in [0.2, 0.25) is 5.02 Å². The Morgan fingerprint density at radius 2 is 2.12 bits per heavy atom. The SMILES string of the molecule is CN1CCN(Cc2ccc(N)cc2Cl)S1(=O)=O. The lowest BCUT2D eigenvalue weighted by atomic mass is 10.2. The van der Waals surface area contributed by atoms with Crippen molar-refractivity contribution in [1.29, 1.82) is 0 Å². The van der Waals surface area contributed by atoms with Crippen molar-refractivity contribution in [2.24, 2.45) is 0 Å². The minimum Gasteiger partial charge on any atom is -0.399 e. The zero-order valence-corrected chi connectivity index (χ0v) is 11.0. The van der Waals surface area contributed by atoms with Crippen LogP contribution in [-0.2, 0) is 16.8 Å². The van der Waals surface area contributed by atoms with Gasteiger partial charge in [-0.05, 0) is 17.7 Å². The summed E-state index contributed by atoms with van der Waals surface area (Å²) in [6, 6.07) is 5.10. The molecule has 0 aromatic heterocycles. The summed E-state index contributed by atoms with van der Waals surface area (Å²) < 4.78 is 26.5. The second kappa shape index (κ2) is 4.45. The number of nitrogen functional groups attached to an aromatic ring is 1. The van der Waals surface area contributed by atoms with Gasteiger partial charge in [0.25, 0.3) is 10.2 Å². The van der Waals surface area contributed by atoms with Crippen molar-refractivity contribution >= 4 is 27.5 Å². The number of rotatable bonds is 2. The summed E-state index contributed by atoms with van der Waals surface area (Å²) in [6.45, 7) is 1.28. The van der Waals surface area contributed by atoms with Crippen molar-refractivity contribution in [3.8, 4) is 0 Å². The molecule has 1 heterocycles. The topological polar surface area (TPSA) is 66.6 Å². The van der Waals surface area contributed by atoms with E-state index in [9.17, 15) is 8.42 Å². The van der Waals surface area contributed by atoms with E-state index < -0.39 is 10.2 Å². The van der Waals surface area contributed by atoms with Gasteiger partial charge < -0.3 is 5.73 Å². The number of nitrogens with two attached hydrogens (primary N) is 1. The van der Waals surface area contributed by atoms with Crippen LogP contribution in [0.15, 0.2) is 18.2 Å². The smallest absolute Gasteiger partial charge is 0.282 e. The molecule has 0 atom stereocenters. The van der Waals surface area contributed by atoms with E-state index in [1.165, 1.54) is 8.61 Å². The highest BCUT2D eigenvalue weighted by Crippen LogP contribution is 2.24. The van der Waals surface area contributed by atoms with Crippen LogP contribution >= 0.6 is 11.6 Å². The van der Waals surface area contributed by atoms with E-state index in [0.717, 1.165) is 5.56 Å². The summed E-state index contributed by atoms with van der Waals surface area (Å²) in [5, 5.41) is 0.495. The molecule has 17 heavy (non-hydrogen) atoms. The first kappa shape index (κ1) is 12.6. The van der Waals surface area contributed by atoms with Gasteiger partial charge >= 0.3 is 0 Å². The van der Waals surface area contributed by atoms with E-state index in [4.69, 9.17) is 17.3 Å². The molecule has 1 fully saturated rings. The van der Waals surface area contributed by atoms with Gasteiger partial charge in [-0.15, -0.1) is 0 Å². The Morgan fingerprint density at radius 3 is 2.65 bits per heavy atom. The van der Waals surface area contributed by atoms with Crippen molar-refractivity contribution < 1.29 is 8.42 Å². The second-order valence-electron chi connectivity index (χ2n) is 4.01. The standard InChI is InChI=1S/C10H14ClN3O2S/c1-13-4-5-14(17(13,15)16)7-8-2-3-9(12)6-10(8)11/h2-3,6H,4-5,7,12H2,1H3. The maximum Gasteiger partial charge on any atom is 0.282 e. The number of nitrogens with zero attached hydrogens (tertiary/aromatic N) is 2. The quantitative estimate of drug-likeness (QED) is 0.816. The van der Waals surface area contributed by atoms with E-state index in [1.807, 2.05) is 0 Å². The lowest BCUT2D eigenvalue weighted by Crippen LogP contribution is -2.30. The maximum absolute atomic E-state index is 11.9. The number of halogens is 1. The molecule has 5 nitrogen and oxygen atoms in total. The number of hydrogen-bond donors (Lipinski definition) is 1. The average Bonchev–Trinajstić information content (AvgIpc) is 2.48. The monoisotopic (exact) mass is 275 g/mol. The fraction of sp³-hybridized carbons (Fsp3) is 0.400. The fourth-order valence-corrected chi connectivity index (χ4v) is 3.29. The third kappa shape index (κ3) is 2.40. The van der Waals surface area contributed by atoms with Gasteiger partial charge in [0.15, 0.2) is 0 Å². The lowest BCUT2D eigenvalue weighted by molar-refractivity contribution is 0.445. The van der Waals surface area contributed by atoms with Gasteiger partial charge in [-0.1, -0.05) is 17.7 Å². The number of anilines is 1. The molecule has 0 bridgehead atoms. The largest absolute Gasteiger partial charge is 0.399 e. The molecule has 1 aliphatic rings. The van der Waals surface area contributed by atoms with Crippen molar-refractivity contribution in [1.82, 2.24) is 8.61 Å². The Hall–Kier alpha value is -0.820. The van der Waals surface area contributed by atoms with Crippen LogP contribution in [0.5, 0.6) is 0 Å². The average molecular weight is 276 g/mol. The summed E-state index contributed by atoms with van der Waals surface area (Å²) in [5.41, 5.74) is 6.92. The fourth-order valence-electron chi connectivity index (χ4n) is 1.72. The summed E-state index contributed by atoms with van der Waals surface area (Å²) >= 11 is 6.02. The first-order valence-corrected chi connectivity index (χ1v) is 6.94. The van der Waals surface area contributed by atoms with Crippen LogP contribution in [0.4, 0.5) is 5.69 Å². The molecule has 2 N–H and O–H groups in total. The zero-order chi connectivity index (χ0) is 12.6. The first-order valence-electron chi connectivity index (χ1n) is 5.16. The normalized spacial score (nSPS) is 20.8. The van der Waals surface area contributed by atoms with Crippen molar-refractivity contribution in [3.05, 3.63) is 28.8 Å². The van der Waals surface area contributed by atoms with Crippen LogP contribution in [0.1, 0.15) is 5.56 Å².